The van der Waals surface area contributed by atoms with Crippen LogP contribution in [0.3, 0.4) is 0 Å². The average Bonchev–Trinajstić information content (AvgIpc) is 2.80. The van der Waals surface area contributed by atoms with Gasteiger partial charge in [-0.3, -0.25) is 9.36 Å². The van der Waals surface area contributed by atoms with E-state index in [4.69, 9.17) is 4.52 Å². The molecule has 0 heterocycles. The van der Waals surface area contributed by atoms with Crippen LogP contribution >= 0.6 is 7.37 Å². The van der Waals surface area contributed by atoms with Gasteiger partial charge in [-0.15, -0.1) is 0 Å². The molecule has 4 aromatic carbocycles. The lowest BCUT2D eigenvalue weighted by Gasteiger charge is -2.22. The Bertz CT molecular complexity index is 1180. The van der Waals surface area contributed by atoms with Crippen molar-refractivity contribution in [3.8, 4) is 11.5 Å². The van der Waals surface area contributed by atoms with Crippen molar-refractivity contribution in [2.24, 2.45) is 0 Å². The topological polar surface area (TPSA) is 63.6 Å². The summed E-state index contributed by atoms with van der Waals surface area (Å²) in [4.78, 5) is 13.1. The largest absolute Gasteiger partial charge is 0.507 e. The highest BCUT2D eigenvalue weighted by molar-refractivity contribution is 7.74. The molecule has 0 amide bonds. The molecular formula is C25H19O4P. The van der Waals surface area contributed by atoms with Crippen LogP contribution in [0.4, 0.5) is 0 Å². The first kappa shape index (κ1) is 19.7. The van der Waals surface area contributed by atoms with Crippen molar-refractivity contribution in [1.82, 2.24) is 0 Å². The van der Waals surface area contributed by atoms with Crippen molar-refractivity contribution >= 4 is 23.8 Å². The van der Waals surface area contributed by atoms with E-state index >= 15 is 0 Å². The minimum Gasteiger partial charge on any atom is -0.507 e. The van der Waals surface area contributed by atoms with Crippen LogP contribution in [0.15, 0.2) is 109 Å². The molecule has 30 heavy (non-hydrogen) atoms. The fourth-order valence-electron chi connectivity index (χ4n) is 3.19. The maximum Gasteiger partial charge on any atom is 0.306 e. The van der Waals surface area contributed by atoms with Crippen molar-refractivity contribution in [3.05, 3.63) is 120 Å². The highest BCUT2D eigenvalue weighted by atomic mass is 31.2. The minimum absolute atomic E-state index is 0.119. The summed E-state index contributed by atoms with van der Waals surface area (Å²) in [6.45, 7) is 0. The monoisotopic (exact) mass is 414 g/mol. The molecule has 4 aromatic rings. The van der Waals surface area contributed by atoms with Crippen LogP contribution in [0.25, 0.3) is 0 Å². The van der Waals surface area contributed by atoms with Crippen molar-refractivity contribution in [2.45, 2.75) is 0 Å². The van der Waals surface area contributed by atoms with E-state index in [1.807, 2.05) is 12.1 Å². The van der Waals surface area contributed by atoms with Gasteiger partial charge in [0.15, 0.2) is 5.78 Å². The van der Waals surface area contributed by atoms with Gasteiger partial charge in [0.25, 0.3) is 0 Å². The Morgan fingerprint density at radius 2 is 1.10 bits per heavy atom. The smallest absolute Gasteiger partial charge is 0.306 e. The SMILES string of the molecule is O=C(c1ccccc1O)c1ccccc1OP(=O)(c1ccccc1)c1ccccc1. The molecule has 0 radical (unpaired) electrons. The second-order valence-electron chi connectivity index (χ2n) is 6.66. The van der Waals surface area contributed by atoms with Gasteiger partial charge in [-0.1, -0.05) is 60.7 Å². The van der Waals surface area contributed by atoms with Crippen molar-refractivity contribution < 1.29 is 19.0 Å². The lowest BCUT2D eigenvalue weighted by Crippen LogP contribution is -2.20. The molecule has 0 aliphatic rings. The number of hydrogen-bond donors (Lipinski definition) is 1. The molecule has 0 spiro atoms. The zero-order valence-electron chi connectivity index (χ0n) is 16.0. The second-order valence-corrected chi connectivity index (χ2v) is 8.97. The zero-order valence-corrected chi connectivity index (χ0v) is 16.9. The molecule has 0 aliphatic carbocycles. The summed E-state index contributed by atoms with van der Waals surface area (Å²) >= 11 is 0. The average molecular weight is 414 g/mol. The zero-order chi connectivity index (χ0) is 21.0. The Kier molecular flexibility index (Phi) is 5.51. The Labute approximate surface area is 174 Å². The van der Waals surface area contributed by atoms with E-state index in [1.165, 1.54) is 6.07 Å². The number of hydrogen-bond acceptors (Lipinski definition) is 4. The van der Waals surface area contributed by atoms with Crippen molar-refractivity contribution in [2.75, 3.05) is 0 Å². The van der Waals surface area contributed by atoms with Crippen LogP contribution < -0.4 is 15.1 Å². The summed E-state index contributed by atoms with van der Waals surface area (Å²) in [6.07, 6.45) is 0. The number of phenolic OH excluding ortho intramolecular Hbond substituents is 1. The summed E-state index contributed by atoms with van der Waals surface area (Å²) in [6, 6.07) is 30.8. The van der Waals surface area contributed by atoms with E-state index < -0.39 is 13.2 Å². The first-order valence-corrected chi connectivity index (χ1v) is 11.0. The molecule has 0 bridgehead atoms. The number of para-hydroxylation sites is 2. The number of rotatable bonds is 6. The van der Waals surface area contributed by atoms with Crippen LogP contribution in [0.1, 0.15) is 15.9 Å². The Morgan fingerprint density at radius 1 is 0.633 bits per heavy atom. The van der Waals surface area contributed by atoms with Crippen LogP contribution in [0, 0.1) is 0 Å². The fourth-order valence-corrected chi connectivity index (χ4v) is 5.26. The summed E-state index contributed by atoms with van der Waals surface area (Å²) in [5, 5.41) is 11.2. The van der Waals surface area contributed by atoms with Gasteiger partial charge >= 0.3 is 7.37 Å². The molecule has 0 saturated heterocycles. The highest BCUT2D eigenvalue weighted by Gasteiger charge is 2.31. The molecule has 0 atom stereocenters. The van der Waals surface area contributed by atoms with Gasteiger partial charge in [0.2, 0.25) is 0 Å². The van der Waals surface area contributed by atoms with Gasteiger partial charge in [-0.05, 0) is 48.5 Å². The summed E-state index contributed by atoms with van der Waals surface area (Å²) in [5.41, 5.74) is 0.383. The lowest BCUT2D eigenvalue weighted by molar-refractivity contribution is 0.103. The Hall–Kier alpha value is -3.62. The fraction of sp³-hybridized carbons (Fsp3) is 0. The number of carbonyl (C=O) groups is 1. The Balaban J connectivity index is 1.82. The number of aromatic hydroxyl groups is 1. The van der Waals surface area contributed by atoms with E-state index in [1.54, 1.807) is 91.0 Å². The maximum atomic E-state index is 14.2. The van der Waals surface area contributed by atoms with Crippen molar-refractivity contribution in [1.29, 1.82) is 0 Å². The van der Waals surface area contributed by atoms with Crippen LogP contribution in [0.5, 0.6) is 11.5 Å². The number of benzene rings is 4. The third kappa shape index (κ3) is 3.78. The molecule has 4 nitrogen and oxygen atoms in total. The molecular weight excluding hydrogens is 395 g/mol. The normalized spacial score (nSPS) is 11.1. The van der Waals surface area contributed by atoms with Gasteiger partial charge in [0, 0.05) is 0 Å². The van der Waals surface area contributed by atoms with E-state index in [-0.39, 0.29) is 22.6 Å². The van der Waals surface area contributed by atoms with E-state index in [0.717, 1.165) is 0 Å². The summed E-state index contributed by atoms with van der Waals surface area (Å²) < 4.78 is 20.3. The molecule has 1 N–H and O–H groups in total. The van der Waals surface area contributed by atoms with Crippen LogP contribution in [0.2, 0.25) is 0 Å². The van der Waals surface area contributed by atoms with Gasteiger partial charge < -0.3 is 9.63 Å². The van der Waals surface area contributed by atoms with Gasteiger partial charge in [0.1, 0.15) is 11.5 Å². The predicted molar refractivity (Wildman–Crippen MR) is 118 cm³/mol. The molecule has 5 heteroatoms. The Morgan fingerprint density at radius 3 is 1.67 bits per heavy atom. The van der Waals surface area contributed by atoms with Gasteiger partial charge in [-0.25, -0.2) is 0 Å². The molecule has 0 fully saturated rings. The number of ketones is 1. The number of carbonyl (C=O) groups excluding carboxylic acids is 1. The highest BCUT2D eigenvalue weighted by Crippen LogP contribution is 2.46. The van der Waals surface area contributed by atoms with E-state index in [9.17, 15) is 14.5 Å². The van der Waals surface area contributed by atoms with Crippen LogP contribution in [-0.2, 0) is 4.57 Å². The third-order valence-corrected chi connectivity index (χ3v) is 7.11. The minimum atomic E-state index is -3.53. The van der Waals surface area contributed by atoms with Gasteiger partial charge in [0.05, 0.1) is 21.7 Å². The molecule has 0 saturated carbocycles. The maximum absolute atomic E-state index is 14.2. The molecule has 148 valence electrons. The number of phenols is 1. The quantitative estimate of drug-likeness (QED) is 0.359. The van der Waals surface area contributed by atoms with E-state index in [0.29, 0.717) is 10.6 Å². The van der Waals surface area contributed by atoms with Crippen molar-refractivity contribution in [3.63, 3.8) is 0 Å². The van der Waals surface area contributed by atoms with E-state index in [2.05, 4.69) is 0 Å². The predicted octanol–water partition coefficient (Wildman–Crippen LogP) is 4.93. The molecule has 4 rings (SSSR count). The molecule has 0 aliphatic heterocycles. The molecule has 0 unspecified atom stereocenters. The third-order valence-electron chi connectivity index (χ3n) is 4.70. The van der Waals surface area contributed by atoms with Gasteiger partial charge in [-0.2, -0.15) is 0 Å². The lowest BCUT2D eigenvalue weighted by atomic mass is 10.0. The first-order valence-electron chi connectivity index (χ1n) is 9.42. The second kappa shape index (κ2) is 8.40. The summed E-state index contributed by atoms with van der Waals surface area (Å²) in [5.74, 6) is -0.329. The van der Waals surface area contributed by atoms with Crippen LogP contribution in [-0.4, -0.2) is 10.9 Å². The molecule has 0 aromatic heterocycles. The summed E-state index contributed by atoms with van der Waals surface area (Å²) in [7, 11) is -3.53. The standard InChI is InChI=1S/C25H19O4P/c26-23-17-9-7-15-21(23)25(27)22-16-8-10-18-24(22)29-30(28,19-11-3-1-4-12-19)20-13-5-2-6-14-20/h1-18,26H. The first-order chi connectivity index (χ1) is 14.6.